The normalized spacial score (nSPS) is 9.44. The van der Waals surface area contributed by atoms with Crippen LogP contribution in [0.15, 0.2) is 21.5 Å². The van der Waals surface area contributed by atoms with E-state index in [-0.39, 0.29) is 5.43 Å². The first kappa shape index (κ1) is 6.08. The highest BCUT2D eigenvalue weighted by atomic mass is 16.3. The summed E-state index contributed by atoms with van der Waals surface area (Å²) in [6.07, 6.45) is 2.10. The van der Waals surface area contributed by atoms with Gasteiger partial charge in [-0.1, -0.05) is 6.92 Å². The smallest absolute Gasteiger partial charge is 0.193 e. The molecule has 0 amide bonds. The molecule has 2 nitrogen and oxygen atoms in total. The van der Waals surface area contributed by atoms with Crippen molar-refractivity contribution in [3.8, 4) is 0 Å². The van der Waals surface area contributed by atoms with Crippen LogP contribution in [0.4, 0.5) is 0 Å². The van der Waals surface area contributed by atoms with Gasteiger partial charge in [-0.15, -0.1) is 0 Å². The van der Waals surface area contributed by atoms with Crippen LogP contribution in [0.1, 0.15) is 12.7 Å². The van der Waals surface area contributed by atoms with E-state index < -0.39 is 0 Å². The molecule has 0 aliphatic heterocycles. The van der Waals surface area contributed by atoms with Crippen molar-refractivity contribution < 1.29 is 4.42 Å². The van der Waals surface area contributed by atoms with Crippen LogP contribution in [-0.2, 0) is 6.42 Å². The highest BCUT2D eigenvalue weighted by Crippen LogP contribution is 1.91. The molecule has 2 heteroatoms. The first-order chi connectivity index (χ1) is 4.33. The molecule has 0 saturated carbocycles. The Labute approximate surface area is 53.1 Å². The predicted octanol–water partition coefficient (Wildman–Crippen LogP) is 1.00. The second-order valence-corrected chi connectivity index (χ2v) is 1.69. The minimum absolute atomic E-state index is 0.113. The monoisotopic (exact) mass is 123 g/mol. The van der Waals surface area contributed by atoms with Gasteiger partial charge in [0.15, 0.2) is 5.43 Å². The van der Waals surface area contributed by atoms with Crippen LogP contribution >= 0.6 is 0 Å². The topological polar surface area (TPSA) is 30.2 Å². The number of aryl methyl sites for hydroxylation is 1. The van der Waals surface area contributed by atoms with Gasteiger partial charge in [0, 0.05) is 12.5 Å². The lowest BCUT2D eigenvalue weighted by Crippen LogP contribution is -1.97. The summed E-state index contributed by atoms with van der Waals surface area (Å²) in [7, 11) is 0. The first-order valence-corrected chi connectivity index (χ1v) is 2.83. The zero-order chi connectivity index (χ0) is 6.69. The molecule has 47 valence electrons. The Bertz CT molecular complexity index is 237. The second-order valence-electron chi connectivity index (χ2n) is 1.69. The Kier molecular flexibility index (Phi) is 1.68. The Morgan fingerprint density at radius 3 is 3.00 bits per heavy atom. The molecule has 1 heterocycles. The average molecular weight is 123 g/mol. The summed E-state index contributed by atoms with van der Waals surface area (Å²) in [6, 6.07) is 3.88. The van der Waals surface area contributed by atoms with Gasteiger partial charge in [-0.25, -0.2) is 0 Å². The fraction of sp³-hybridized carbons (Fsp3) is 0.286. The molecular weight excluding hydrogens is 116 g/mol. The number of hydrogen-bond donors (Lipinski definition) is 0. The van der Waals surface area contributed by atoms with Crippen molar-refractivity contribution in [2.24, 2.45) is 0 Å². The van der Waals surface area contributed by atoms with Crippen LogP contribution < -0.4 is 5.43 Å². The molecule has 0 fully saturated rings. The summed E-state index contributed by atoms with van der Waals surface area (Å²) in [5.41, 5.74) is -0.113. The zero-order valence-electron chi connectivity index (χ0n) is 5.18. The van der Waals surface area contributed by atoms with Crippen LogP contribution in [0.25, 0.3) is 0 Å². The second kappa shape index (κ2) is 2.49. The van der Waals surface area contributed by atoms with E-state index >= 15 is 0 Å². The van der Waals surface area contributed by atoms with E-state index in [2.05, 4.69) is 6.07 Å². The molecule has 0 atom stereocenters. The van der Waals surface area contributed by atoms with Crippen LogP contribution in [-0.4, -0.2) is 0 Å². The minimum Gasteiger partial charge on any atom is -0.468 e. The van der Waals surface area contributed by atoms with Gasteiger partial charge in [0.2, 0.25) is 0 Å². The van der Waals surface area contributed by atoms with E-state index in [1.807, 2.05) is 6.92 Å². The van der Waals surface area contributed by atoms with Crippen molar-refractivity contribution in [2.75, 3.05) is 0 Å². The van der Waals surface area contributed by atoms with Crippen molar-refractivity contribution in [3.05, 3.63) is 34.4 Å². The molecule has 0 spiro atoms. The van der Waals surface area contributed by atoms with E-state index in [1.165, 1.54) is 12.3 Å². The van der Waals surface area contributed by atoms with Crippen molar-refractivity contribution >= 4 is 0 Å². The van der Waals surface area contributed by atoms with Crippen molar-refractivity contribution in [1.29, 1.82) is 0 Å². The highest BCUT2D eigenvalue weighted by Gasteiger charge is 1.89. The van der Waals surface area contributed by atoms with E-state index in [4.69, 9.17) is 4.42 Å². The SMILES string of the molecule is CCc1[c]c(=O)cco1. The Morgan fingerprint density at radius 1 is 1.78 bits per heavy atom. The zero-order valence-corrected chi connectivity index (χ0v) is 5.18. The Balaban J connectivity index is 3.08. The molecule has 9 heavy (non-hydrogen) atoms. The molecule has 1 rings (SSSR count). The molecule has 0 saturated heterocycles. The maximum atomic E-state index is 10.5. The summed E-state index contributed by atoms with van der Waals surface area (Å²) in [4.78, 5) is 10.5. The van der Waals surface area contributed by atoms with Gasteiger partial charge in [0.25, 0.3) is 0 Å². The lowest BCUT2D eigenvalue weighted by molar-refractivity contribution is 0.495. The molecule has 0 aliphatic rings. The largest absolute Gasteiger partial charge is 0.468 e. The van der Waals surface area contributed by atoms with Crippen LogP contribution in [0.5, 0.6) is 0 Å². The van der Waals surface area contributed by atoms with Crippen molar-refractivity contribution in [3.63, 3.8) is 0 Å². The Hall–Kier alpha value is -1.05. The van der Waals surface area contributed by atoms with Crippen LogP contribution in [0, 0.1) is 6.07 Å². The summed E-state index contributed by atoms with van der Waals surface area (Å²) < 4.78 is 4.90. The molecule has 1 aromatic rings. The van der Waals surface area contributed by atoms with Gasteiger partial charge in [0.05, 0.1) is 12.3 Å². The van der Waals surface area contributed by atoms with Crippen LogP contribution in [0.3, 0.4) is 0 Å². The average Bonchev–Trinajstić information content (AvgIpc) is 1.88. The fourth-order valence-corrected chi connectivity index (χ4v) is 0.558. The maximum Gasteiger partial charge on any atom is 0.193 e. The standard InChI is InChI=1S/C7H7O2/c1-2-7-5-6(8)3-4-9-7/h3-4H,2H2,1H3. The predicted molar refractivity (Wildman–Crippen MR) is 33.2 cm³/mol. The fourth-order valence-electron chi connectivity index (χ4n) is 0.558. The number of hydrogen-bond acceptors (Lipinski definition) is 2. The van der Waals surface area contributed by atoms with E-state index in [0.717, 1.165) is 6.42 Å². The maximum absolute atomic E-state index is 10.5. The molecule has 0 bridgehead atoms. The highest BCUT2D eigenvalue weighted by molar-refractivity contribution is 4.96. The van der Waals surface area contributed by atoms with E-state index in [1.54, 1.807) is 0 Å². The summed E-state index contributed by atoms with van der Waals surface area (Å²) >= 11 is 0. The molecule has 0 aromatic carbocycles. The number of rotatable bonds is 1. The van der Waals surface area contributed by atoms with Crippen LogP contribution in [0.2, 0.25) is 0 Å². The summed E-state index contributed by atoms with van der Waals surface area (Å²) in [5, 5.41) is 0. The minimum atomic E-state index is -0.113. The van der Waals surface area contributed by atoms with E-state index in [9.17, 15) is 4.79 Å². The lowest BCUT2D eigenvalue weighted by Gasteiger charge is -1.88. The third-order valence-electron chi connectivity index (χ3n) is 1.01. The molecule has 1 radical (unpaired) electrons. The van der Waals surface area contributed by atoms with Crippen molar-refractivity contribution in [2.45, 2.75) is 13.3 Å². The van der Waals surface area contributed by atoms with Gasteiger partial charge in [-0.2, -0.15) is 0 Å². The molecular formula is C7H7O2. The Morgan fingerprint density at radius 2 is 2.56 bits per heavy atom. The van der Waals surface area contributed by atoms with Gasteiger partial charge in [0.1, 0.15) is 5.76 Å². The van der Waals surface area contributed by atoms with Gasteiger partial charge in [-0.05, 0) is 0 Å². The molecule has 0 N–H and O–H groups in total. The summed E-state index contributed by atoms with van der Waals surface area (Å²) in [5.74, 6) is 0.613. The van der Waals surface area contributed by atoms with E-state index in [0.29, 0.717) is 5.76 Å². The molecule has 1 aromatic heterocycles. The van der Waals surface area contributed by atoms with Gasteiger partial charge in [-0.3, -0.25) is 4.79 Å². The van der Waals surface area contributed by atoms with Crippen molar-refractivity contribution in [1.82, 2.24) is 0 Å². The summed E-state index contributed by atoms with van der Waals surface area (Å²) in [6.45, 7) is 1.91. The van der Waals surface area contributed by atoms with Gasteiger partial charge >= 0.3 is 0 Å². The molecule has 0 aliphatic carbocycles. The van der Waals surface area contributed by atoms with Gasteiger partial charge < -0.3 is 4.42 Å². The third kappa shape index (κ3) is 1.42. The first-order valence-electron chi connectivity index (χ1n) is 2.83. The molecule has 0 unspecified atom stereocenters. The quantitative estimate of drug-likeness (QED) is 0.557. The lowest BCUT2D eigenvalue weighted by atomic mass is 10.3. The third-order valence-corrected chi connectivity index (χ3v) is 1.01.